The van der Waals surface area contributed by atoms with Gasteiger partial charge in [0.1, 0.15) is 5.82 Å². The maximum absolute atomic E-state index is 6.05. The van der Waals surface area contributed by atoms with E-state index in [-0.39, 0.29) is 12.4 Å². The molecule has 120 valence electrons. The molecule has 0 radical (unpaired) electrons. The van der Waals surface area contributed by atoms with Gasteiger partial charge in [-0.15, -0.1) is 12.4 Å². The third-order valence-corrected chi connectivity index (χ3v) is 4.42. The minimum absolute atomic E-state index is 0. The normalized spacial score (nSPS) is 19.0. The Labute approximate surface area is 142 Å². The predicted molar refractivity (Wildman–Crippen MR) is 92.7 cm³/mol. The Morgan fingerprint density at radius 1 is 1.41 bits per heavy atom. The fourth-order valence-electron chi connectivity index (χ4n) is 2.94. The van der Waals surface area contributed by atoms with E-state index in [1.54, 1.807) is 0 Å². The van der Waals surface area contributed by atoms with Crippen molar-refractivity contribution < 1.29 is 0 Å². The Bertz CT molecular complexity index is 626. The highest BCUT2D eigenvalue weighted by molar-refractivity contribution is 6.30. The monoisotopic (exact) mass is 340 g/mol. The largest absolute Gasteiger partial charge is 0.337 e. The number of imidazole rings is 1. The summed E-state index contributed by atoms with van der Waals surface area (Å²) < 4.78 is 2.11. The molecule has 2 heterocycles. The Kier molecular flexibility index (Phi) is 5.87. The van der Waals surface area contributed by atoms with Crippen LogP contribution in [-0.2, 0) is 13.6 Å². The SMILES string of the molecule is Cc1cc(Cl)ccc1CN1CCNCC1c1nccn1C.Cl. The Hall–Kier alpha value is -1.07. The highest BCUT2D eigenvalue weighted by Gasteiger charge is 2.26. The molecule has 1 N–H and O–H groups in total. The van der Waals surface area contributed by atoms with Gasteiger partial charge >= 0.3 is 0 Å². The topological polar surface area (TPSA) is 33.1 Å². The van der Waals surface area contributed by atoms with E-state index in [2.05, 4.69) is 39.8 Å². The lowest BCUT2D eigenvalue weighted by Crippen LogP contribution is -2.46. The van der Waals surface area contributed by atoms with Crippen molar-refractivity contribution in [2.24, 2.45) is 7.05 Å². The van der Waals surface area contributed by atoms with Crippen LogP contribution in [0.1, 0.15) is 23.0 Å². The van der Waals surface area contributed by atoms with E-state index in [9.17, 15) is 0 Å². The third-order valence-electron chi connectivity index (χ3n) is 4.19. The van der Waals surface area contributed by atoms with E-state index in [1.165, 1.54) is 11.1 Å². The molecule has 1 aromatic carbocycles. The minimum atomic E-state index is 0. The fraction of sp³-hybridized carbons (Fsp3) is 0.438. The van der Waals surface area contributed by atoms with Gasteiger partial charge in [0.2, 0.25) is 0 Å². The number of benzene rings is 1. The van der Waals surface area contributed by atoms with Gasteiger partial charge in [-0.3, -0.25) is 4.90 Å². The smallest absolute Gasteiger partial charge is 0.127 e. The average molecular weight is 341 g/mol. The second-order valence-corrected chi connectivity index (χ2v) is 6.09. The van der Waals surface area contributed by atoms with Crippen LogP contribution in [0.4, 0.5) is 0 Å². The summed E-state index contributed by atoms with van der Waals surface area (Å²) in [5, 5.41) is 4.28. The van der Waals surface area contributed by atoms with Crippen LogP contribution < -0.4 is 5.32 Å². The predicted octanol–water partition coefficient (Wildman–Crippen LogP) is 2.95. The van der Waals surface area contributed by atoms with E-state index in [1.807, 2.05) is 24.5 Å². The maximum atomic E-state index is 6.05. The molecule has 0 aliphatic carbocycles. The van der Waals surface area contributed by atoms with Gasteiger partial charge in [0.05, 0.1) is 6.04 Å². The summed E-state index contributed by atoms with van der Waals surface area (Å²) in [7, 11) is 2.06. The molecular formula is C16H22Cl2N4. The van der Waals surface area contributed by atoms with Crippen molar-refractivity contribution in [1.82, 2.24) is 19.8 Å². The van der Waals surface area contributed by atoms with Crippen molar-refractivity contribution in [2.45, 2.75) is 19.5 Å². The van der Waals surface area contributed by atoms with Gasteiger partial charge in [0, 0.05) is 50.6 Å². The highest BCUT2D eigenvalue weighted by Crippen LogP contribution is 2.24. The molecule has 4 nitrogen and oxygen atoms in total. The number of halogens is 2. The molecule has 1 aromatic heterocycles. The number of nitrogens with zero attached hydrogens (tertiary/aromatic N) is 3. The molecule has 1 atom stereocenters. The molecule has 1 fully saturated rings. The Morgan fingerprint density at radius 3 is 2.91 bits per heavy atom. The average Bonchev–Trinajstić information content (AvgIpc) is 2.89. The van der Waals surface area contributed by atoms with Gasteiger partial charge < -0.3 is 9.88 Å². The number of nitrogens with one attached hydrogen (secondary N) is 1. The molecule has 0 bridgehead atoms. The molecule has 22 heavy (non-hydrogen) atoms. The molecule has 0 saturated carbocycles. The Balaban J connectivity index is 0.00000176. The maximum Gasteiger partial charge on any atom is 0.127 e. The van der Waals surface area contributed by atoms with Crippen LogP contribution in [0.5, 0.6) is 0 Å². The van der Waals surface area contributed by atoms with Crippen LogP contribution in [0.25, 0.3) is 0 Å². The summed E-state index contributed by atoms with van der Waals surface area (Å²) in [5.74, 6) is 1.12. The van der Waals surface area contributed by atoms with E-state index in [4.69, 9.17) is 11.6 Å². The van der Waals surface area contributed by atoms with Gasteiger partial charge in [0.15, 0.2) is 0 Å². The lowest BCUT2D eigenvalue weighted by molar-refractivity contribution is 0.144. The molecule has 6 heteroatoms. The van der Waals surface area contributed by atoms with Gasteiger partial charge in [-0.25, -0.2) is 4.98 Å². The number of aryl methyl sites for hydroxylation is 2. The number of hydrogen-bond acceptors (Lipinski definition) is 3. The molecule has 1 saturated heterocycles. The van der Waals surface area contributed by atoms with Crippen molar-refractivity contribution >= 4 is 24.0 Å². The number of rotatable bonds is 3. The van der Waals surface area contributed by atoms with Crippen molar-refractivity contribution in [3.8, 4) is 0 Å². The lowest BCUT2D eigenvalue weighted by Gasteiger charge is -2.36. The van der Waals surface area contributed by atoms with Gasteiger partial charge in [-0.2, -0.15) is 0 Å². The lowest BCUT2D eigenvalue weighted by atomic mass is 10.1. The van der Waals surface area contributed by atoms with Crippen molar-refractivity contribution in [3.05, 3.63) is 52.6 Å². The van der Waals surface area contributed by atoms with Gasteiger partial charge in [0.25, 0.3) is 0 Å². The Morgan fingerprint density at radius 2 is 2.23 bits per heavy atom. The number of piperazine rings is 1. The molecule has 2 aromatic rings. The first-order valence-corrected chi connectivity index (χ1v) is 7.70. The van der Waals surface area contributed by atoms with Crippen LogP contribution in [0, 0.1) is 6.92 Å². The first kappa shape index (κ1) is 17.3. The summed E-state index contributed by atoms with van der Waals surface area (Å²) in [6.45, 7) is 6.05. The van der Waals surface area contributed by atoms with Gasteiger partial charge in [-0.05, 0) is 30.2 Å². The van der Waals surface area contributed by atoms with Crippen LogP contribution in [0.2, 0.25) is 5.02 Å². The van der Waals surface area contributed by atoms with Gasteiger partial charge in [-0.1, -0.05) is 17.7 Å². The van der Waals surface area contributed by atoms with E-state index < -0.39 is 0 Å². The summed E-state index contributed by atoms with van der Waals surface area (Å²) in [5.41, 5.74) is 2.58. The second-order valence-electron chi connectivity index (χ2n) is 5.66. The summed E-state index contributed by atoms with van der Waals surface area (Å²) in [6.07, 6.45) is 3.88. The molecule has 0 amide bonds. The summed E-state index contributed by atoms with van der Waals surface area (Å²) in [6, 6.07) is 6.46. The number of hydrogen-bond donors (Lipinski definition) is 1. The third kappa shape index (κ3) is 3.63. The first-order valence-electron chi connectivity index (χ1n) is 7.32. The van der Waals surface area contributed by atoms with E-state index >= 15 is 0 Å². The highest BCUT2D eigenvalue weighted by atomic mass is 35.5. The quantitative estimate of drug-likeness (QED) is 0.932. The molecule has 3 rings (SSSR count). The molecular weight excluding hydrogens is 319 g/mol. The van der Waals surface area contributed by atoms with E-state index in [0.717, 1.165) is 37.0 Å². The minimum Gasteiger partial charge on any atom is -0.337 e. The molecule has 1 unspecified atom stereocenters. The zero-order valence-corrected chi connectivity index (χ0v) is 14.5. The van der Waals surface area contributed by atoms with Crippen LogP contribution in [0.15, 0.2) is 30.6 Å². The van der Waals surface area contributed by atoms with Crippen molar-refractivity contribution in [1.29, 1.82) is 0 Å². The molecule has 1 aliphatic heterocycles. The number of aromatic nitrogens is 2. The molecule has 0 spiro atoms. The van der Waals surface area contributed by atoms with Crippen molar-refractivity contribution in [3.63, 3.8) is 0 Å². The summed E-state index contributed by atoms with van der Waals surface area (Å²) >= 11 is 6.05. The zero-order chi connectivity index (χ0) is 14.8. The van der Waals surface area contributed by atoms with Crippen LogP contribution >= 0.6 is 24.0 Å². The standard InChI is InChI=1S/C16H21ClN4.ClH/c1-12-9-14(17)4-3-13(12)11-21-8-5-18-10-15(21)16-19-6-7-20(16)2;/h3-4,6-7,9,15,18H,5,8,10-11H2,1-2H3;1H. The second kappa shape index (κ2) is 7.47. The first-order chi connectivity index (χ1) is 10.1. The van der Waals surface area contributed by atoms with Crippen LogP contribution in [0.3, 0.4) is 0 Å². The van der Waals surface area contributed by atoms with Crippen molar-refractivity contribution in [2.75, 3.05) is 19.6 Å². The van der Waals surface area contributed by atoms with E-state index in [0.29, 0.717) is 6.04 Å². The zero-order valence-electron chi connectivity index (χ0n) is 12.9. The summed E-state index contributed by atoms with van der Waals surface area (Å²) in [4.78, 5) is 7.02. The van der Waals surface area contributed by atoms with Crippen LogP contribution in [-0.4, -0.2) is 34.1 Å². The fourth-order valence-corrected chi connectivity index (χ4v) is 3.17. The molecule has 1 aliphatic rings.